The molecule has 1 nitrogen and oxygen atoms in total. The molecule has 1 heteroatoms. The lowest BCUT2D eigenvalue weighted by atomic mass is 10.0. The van der Waals surface area contributed by atoms with Crippen molar-refractivity contribution in [3.05, 3.63) is 60.2 Å². The highest BCUT2D eigenvalue weighted by Crippen LogP contribution is 2.12. The van der Waals surface area contributed by atoms with E-state index in [2.05, 4.69) is 43.3 Å². The normalized spacial score (nSPS) is 11.7. The molecule has 0 saturated heterocycles. The summed E-state index contributed by atoms with van der Waals surface area (Å²) >= 11 is 0. The topological polar surface area (TPSA) is 17.1 Å². The molecule has 0 saturated carbocycles. The van der Waals surface area contributed by atoms with E-state index in [0.29, 0.717) is 12.2 Å². The van der Waals surface area contributed by atoms with Gasteiger partial charge in [0.1, 0.15) is 0 Å². The van der Waals surface area contributed by atoms with E-state index in [4.69, 9.17) is 0 Å². The van der Waals surface area contributed by atoms with Crippen molar-refractivity contribution < 1.29 is 4.79 Å². The van der Waals surface area contributed by atoms with E-state index >= 15 is 0 Å². The minimum atomic E-state index is 0.295. The summed E-state index contributed by atoms with van der Waals surface area (Å²) in [6, 6.07) is 10.5. The molecule has 0 radical (unpaired) electrons. The van der Waals surface area contributed by atoms with Gasteiger partial charge in [0.05, 0.1) is 0 Å². The highest BCUT2D eigenvalue weighted by Gasteiger charge is 1.98. The second-order valence-corrected chi connectivity index (χ2v) is 9.64. The first-order valence-corrected chi connectivity index (χ1v) is 14.2. The van der Waals surface area contributed by atoms with Crippen molar-refractivity contribution in [3.63, 3.8) is 0 Å². The Morgan fingerprint density at radius 3 is 1.70 bits per heavy atom. The third-order valence-electron chi connectivity index (χ3n) is 6.43. The quantitative estimate of drug-likeness (QED) is 0.0916. The summed E-state index contributed by atoms with van der Waals surface area (Å²) in [5.41, 5.74) is 1.34. The first kappa shape index (κ1) is 29.4. The Balaban J connectivity index is 1.78. The summed E-state index contributed by atoms with van der Waals surface area (Å²) in [4.78, 5) is 11.9. The molecule has 0 unspecified atom stereocenters. The van der Waals surface area contributed by atoms with E-state index in [1.165, 1.54) is 108 Å². The van der Waals surface area contributed by atoms with Gasteiger partial charge in [0.25, 0.3) is 0 Å². The van der Waals surface area contributed by atoms with E-state index in [9.17, 15) is 4.79 Å². The highest BCUT2D eigenvalue weighted by molar-refractivity contribution is 5.89. The molecule has 0 spiro atoms. The lowest BCUT2D eigenvalue weighted by Crippen LogP contribution is -1.93. The Morgan fingerprint density at radius 1 is 0.606 bits per heavy atom. The molecule has 1 aromatic carbocycles. The number of allylic oxidation sites excluding steroid dienone is 4. The fourth-order valence-electron chi connectivity index (χ4n) is 4.27. The number of benzene rings is 1. The van der Waals surface area contributed by atoms with Crippen LogP contribution in [0.3, 0.4) is 0 Å². The van der Waals surface area contributed by atoms with Gasteiger partial charge >= 0.3 is 0 Å². The van der Waals surface area contributed by atoms with E-state index in [0.717, 1.165) is 19.3 Å². The predicted molar refractivity (Wildman–Crippen MR) is 147 cm³/mol. The number of carbonyl (C=O) groups excluding carboxylic acids is 1. The molecule has 0 aliphatic carbocycles. The fraction of sp³-hybridized carbons (Fsp3) is 0.656. The molecule has 0 aliphatic heterocycles. The number of rotatable bonds is 23. The standard InChI is InChI=1S/C32H52O/c1-2-3-4-5-6-7-8-9-10-11-12-13-14-15-16-17-18-19-23-29-32(33)30-25-24-28-31-26-21-20-22-27-31/h9-10,20-22,25-27,30H,2-8,11-19,23-24,28-29H2,1H3/b10-9-,30-25+. The summed E-state index contributed by atoms with van der Waals surface area (Å²) in [7, 11) is 0. The van der Waals surface area contributed by atoms with Gasteiger partial charge < -0.3 is 0 Å². The number of unbranched alkanes of at least 4 members (excludes halogenated alkanes) is 15. The molecule has 186 valence electrons. The Kier molecular flexibility index (Phi) is 21.0. The maximum Gasteiger partial charge on any atom is 0.155 e. The lowest BCUT2D eigenvalue weighted by molar-refractivity contribution is -0.114. The van der Waals surface area contributed by atoms with Crippen LogP contribution in [0.2, 0.25) is 0 Å². The van der Waals surface area contributed by atoms with Crippen molar-refractivity contribution in [3.8, 4) is 0 Å². The molecular formula is C32H52O. The zero-order chi connectivity index (χ0) is 23.7. The van der Waals surface area contributed by atoms with E-state index in [1.807, 2.05) is 12.1 Å². The number of carbonyl (C=O) groups is 1. The van der Waals surface area contributed by atoms with Crippen LogP contribution in [0, 0.1) is 0 Å². The van der Waals surface area contributed by atoms with Crippen molar-refractivity contribution in [2.24, 2.45) is 0 Å². The van der Waals surface area contributed by atoms with Gasteiger partial charge in [-0.25, -0.2) is 0 Å². The largest absolute Gasteiger partial charge is 0.295 e. The van der Waals surface area contributed by atoms with Gasteiger partial charge in [-0.2, -0.15) is 0 Å². The number of ketones is 1. The van der Waals surface area contributed by atoms with Crippen LogP contribution in [0.4, 0.5) is 0 Å². The minimum Gasteiger partial charge on any atom is -0.295 e. The van der Waals surface area contributed by atoms with Gasteiger partial charge in [-0.1, -0.05) is 133 Å². The molecule has 0 bridgehead atoms. The van der Waals surface area contributed by atoms with Gasteiger partial charge in [0.2, 0.25) is 0 Å². The molecule has 0 aromatic heterocycles. The summed E-state index contributed by atoms with van der Waals surface area (Å²) in [6.07, 6.45) is 34.0. The third-order valence-corrected chi connectivity index (χ3v) is 6.43. The highest BCUT2D eigenvalue weighted by atomic mass is 16.1. The van der Waals surface area contributed by atoms with Crippen molar-refractivity contribution in [2.75, 3.05) is 0 Å². The van der Waals surface area contributed by atoms with Crippen LogP contribution in [-0.4, -0.2) is 5.78 Å². The van der Waals surface area contributed by atoms with Crippen LogP contribution in [-0.2, 0) is 11.2 Å². The lowest BCUT2D eigenvalue weighted by Gasteiger charge is -2.02. The molecule has 33 heavy (non-hydrogen) atoms. The summed E-state index contributed by atoms with van der Waals surface area (Å²) in [5.74, 6) is 0.295. The second kappa shape index (κ2) is 23.5. The van der Waals surface area contributed by atoms with Crippen LogP contribution in [0.5, 0.6) is 0 Å². The van der Waals surface area contributed by atoms with Gasteiger partial charge in [0, 0.05) is 6.42 Å². The van der Waals surface area contributed by atoms with Gasteiger partial charge in [0.15, 0.2) is 5.78 Å². The molecule has 0 fully saturated rings. The Labute approximate surface area is 206 Å². The van der Waals surface area contributed by atoms with E-state index in [-0.39, 0.29) is 0 Å². The zero-order valence-electron chi connectivity index (χ0n) is 21.7. The Bertz CT molecular complexity index is 598. The summed E-state index contributed by atoms with van der Waals surface area (Å²) in [5, 5.41) is 0. The average Bonchev–Trinajstić information content (AvgIpc) is 2.84. The van der Waals surface area contributed by atoms with Gasteiger partial charge in [-0.3, -0.25) is 4.79 Å². The number of hydrogen-bond acceptors (Lipinski definition) is 1. The number of aryl methyl sites for hydroxylation is 1. The van der Waals surface area contributed by atoms with Crippen molar-refractivity contribution in [2.45, 2.75) is 135 Å². The SMILES string of the molecule is CCCCCCCC/C=C\CCCCCCCCCCCC(=O)/C=C/CCc1ccccc1. The molecule has 1 rings (SSSR count). The van der Waals surface area contributed by atoms with E-state index < -0.39 is 0 Å². The Morgan fingerprint density at radius 2 is 1.12 bits per heavy atom. The van der Waals surface area contributed by atoms with Crippen LogP contribution in [0.25, 0.3) is 0 Å². The molecular weight excluding hydrogens is 400 g/mol. The van der Waals surface area contributed by atoms with Gasteiger partial charge in [-0.15, -0.1) is 0 Å². The average molecular weight is 453 g/mol. The number of hydrogen-bond donors (Lipinski definition) is 0. The first-order valence-electron chi connectivity index (χ1n) is 14.2. The first-order chi connectivity index (χ1) is 16.3. The molecule has 0 atom stereocenters. The monoisotopic (exact) mass is 452 g/mol. The third kappa shape index (κ3) is 20.7. The second-order valence-electron chi connectivity index (χ2n) is 9.64. The summed E-state index contributed by atoms with van der Waals surface area (Å²) in [6.45, 7) is 2.28. The van der Waals surface area contributed by atoms with Crippen LogP contribution < -0.4 is 0 Å². The van der Waals surface area contributed by atoms with Crippen molar-refractivity contribution in [1.82, 2.24) is 0 Å². The van der Waals surface area contributed by atoms with Crippen LogP contribution in [0.1, 0.15) is 134 Å². The van der Waals surface area contributed by atoms with Crippen molar-refractivity contribution in [1.29, 1.82) is 0 Å². The molecule has 1 aromatic rings. The minimum absolute atomic E-state index is 0.295. The maximum atomic E-state index is 11.9. The molecule has 0 aliphatic rings. The van der Waals surface area contributed by atoms with Crippen LogP contribution >= 0.6 is 0 Å². The van der Waals surface area contributed by atoms with Crippen molar-refractivity contribution >= 4 is 5.78 Å². The fourth-order valence-corrected chi connectivity index (χ4v) is 4.27. The molecule has 0 N–H and O–H groups in total. The Hall–Kier alpha value is -1.63. The zero-order valence-corrected chi connectivity index (χ0v) is 21.7. The summed E-state index contributed by atoms with van der Waals surface area (Å²) < 4.78 is 0. The maximum absolute atomic E-state index is 11.9. The van der Waals surface area contributed by atoms with Crippen LogP contribution in [0.15, 0.2) is 54.6 Å². The van der Waals surface area contributed by atoms with E-state index in [1.54, 1.807) is 6.08 Å². The predicted octanol–water partition coefficient (Wildman–Crippen LogP) is 10.3. The van der Waals surface area contributed by atoms with Gasteiger partial charge in [-0.05, 0) is 56.6 Å². The smallest absolute Gasteiger partial charge is 0.155 e. The molecule has 0 amide bonds. The molecule has 0 heterocycles.